The largest absolute Gasteiger partial charge is 0.416 e. The van der Waals surface area contributed by atoms with Crippen molar-refractivity contribution in [3.05, 3.63) is 47.8 Å². The Morgan fingerprint density at radius 2 is 1.48 bits per heavy atom. The van der Waals surface area contributed by atoms with E-state index in [9.17, 15) is 34.8 Å². The molecule has 164 valence electrons. The summed E-state index contributed by atoms with van der Waals surface area (Å²) in [6.07, 6.45) is -7.43. The first-order valence-electron chi connectivity index (χ1n) is 8.57. The number of imidazole rings is 1. The number of aromatic nitrogens is 5. The standard InChI is InChI=1S/C17H11F6N5O2S/c1-2-31(29,30)15-13(24-11-7-9(16(18,19)20)3-5-27(11)15)14-25-12-8-10(17(21,22)23)4-6-28(12)26-14/h3-8H,2H2,1H3. The highest BCUT2D eigenvalue weighted by atomic mass is 32.2. The van der Waals surface area contributed by atoms with Crippen LogP contribution in [0.25, 0.3) is 22.8 Å². The second-order valence-corrected chi connectivity index (χ2v) is 8.66. The molecule has 4 heterocycles. The predicted molar refractivity (Wildman–Crippen MR) is 94.9 cm³/mol. The highest BCUT2D eigenvalue weighted by Gasteiger charge is 2.34. The fraction of sp³-hybridized carbons (Fsp3) is 0.235. The fourth-order valence-corrected chi connectivity index (χ4v) is 4.10. The Labute approximate surface area is 169 Å². The Hall–Kier alpha value is -3.16. The maximum Gasteiger partial charge on any atom is 0.416 e. The molecular formula is C17H11F6N5O2S. The van der Waals surface area contributed by atoms with E-state index in [1.165, 1.54) is 6.92 Å². The molecule has 0 aliphatic rings. The Bertz CT molecular complexity index is 1420. The third-order valence-electron chi connectivity index (χ3n) is 4.46. The molecular weight excluding hydrogens is 452 g/mol. The van der Waals surface area contributed by atoms with E-state index >= 15 is 0 Å². The van der Waals surface area contributed by atoms with Gasteiger partial charge in [0.05, 0.1) is 16.9 Å². The molecule has 0 spiro atoms. The number of nitrogens with zero attached hydrogens (tertiary/aromatic N) is 5. The quantitative estimate of drug-likeness (QED) is 0.431. The van der Waals surface area contributed by atoms with Gasteiger partial charge in [-0.05, 0) is 24.3 Å². The molecule has 0 saturated heterocycles. The van der Waals surface area contributed by atoms with E-state index in [4.69, 9.17) is 0 Å². The minimum atomic E-state index is -4.69. The summed E-state index contributed by atoms with van der Waals surface area (Å²) in [5.74, 6) is -0.746. The summed E-state index contributed by atoms with van der Waals surface area (Å²) in [6.45, 7) is 1.33. The van der Waals surface area contributed by atoms with Crippen LogP contribution >= 0.6 is 0 Å². The number of alkyl halides is 6. The first kappa shape index (κ1) is 21.1. The summed E-state index contributed by atoms with van der Waals surface area (Å²) in [6, 6.07) is 2.83. The van der Waals surface area contributed by atoms with Gasteiger partial charge in [0.2, 0.25) is 5.82 Å². The Morgan fingerprint density at radius 3 is 2.06 bits per heavy atom. The number of halogens is 6. The molecule has 0 radical (unpaired) electrons. The van der Waals surface area contributed by atoms with Gasteiger partial charge < -0.3 is 0 Å². The number of rotatable bonds is 3. The van der Waals surface area contributed by atoms with E-state index in [2.05, 4.69) is 15.1 Å². The van der Waals surface area contributed by atoms with Gasteiger partial charge in [0.1, 0.15) is 11.3 Å². The average molecular weight is 463 g/mol. The molecule has 0 amide bonds. The Morgan fingerprint density at radius 1 is 0.903 bits per heavy atom. The first-order valence-corrected chi connectivity index (χ1v) is 10.2. The SMILES string of the molecule is CCS(=O)(=O)c1c(-c2nc3cc(C(F)(F)F)ccn3n2)nc2cc(C(F)(F)F)ccn12. The molecule has 31 heavy (non-hydrogen) atoms. The van der Waals surface area contributed by atoms with Crippen molar-refractivity contribution in [2.45, 2.75) is 24.3 Å². The molecule has 0 saturated carbocycles. The second-order valence-electron chi connectivity index (χ2n) is 6.46. The number of hydrogen-bond acceptors (Lipinski definition) is 5. The van der Waals surface area contributed by atoms with Crippen LogP contribution < -0.4 is 0 Å². The van der Waals surface area contributed by atoms with Crippen LogP contribution in [0.15, 0.2) is 41.7 Å². The lowest BCUT2D eigenvalue weighted by Gasteiger charge is -2.07. The van der Waals surface area contributed by atoms with Crippen LogP contribution in [0.1, 0.15) is 18.1 Å². The fourth-order valence-electron chi connectivity index (χ4n) is 2.94. The summed E-state index contributed by atoms with van der Waals surface area (Å²) >= 11 is 0. The Balaban J connectivity index is 1.99. The van der Waals surface area contributed by atoms with E-state index in [0.717, 1.165) is 27.4 Å². The maximum absolute atomic E-state index is 13.0. The van der Waals surface area contributed by atoms with Crippen LogP contribution in [0, 0.1) is 0 Å². The lowest BCUT2D eigenvalue weighted by molar-refractivity contribution is -0.138. The van der Waals surface area contributed by atoms with Crippen LogP contribution in [0.4, 0.5) is 26.3 Å². The van der Waals surface area contributed by atoms with E-state index in [-0.39, 0.29) is 22.8 Å². The van der Waals surface area contributed by atoms with Gasteiger partial charge in [0.15, 0.2) is 20.5 Å². The van der Waals surface area contributed by atoms with Crippen LogP contribution in [0.5, 0.6) is 0 Å². The van der Waals surface area contributed by atoms with Crippen molar-refractivity contribution in [2.24, 2.45) is 0 Å². The highest BCUT2D eigenvalue weighted by Crippen LogP contribution is 2.34. The van der Waals surface area contributed by atoms with Gasteiger partial charge in [-0.15, -0.1) is 5.10 Å². The van der Waals surface area contributed by atoms with Crippen LogP contribution in [-0.2, 0) is 22.2 Å². The Kier molecular flexibility index (Phi) is 4.54. The van der Waals surface area contributed by atoms with Gasteiger partial charge in [-0.1, -0.05) is 6.92 Å². The van der Waals surface area contributed by atoms with Gasteiger partial charge in [0, 0.05) is 12.4 Å². The average Bonchev–Trinajstić information content (AvgIpc) is 3.26. The number of hydrogen-bond donors (Lipinski definition) is 0. The van der Waals surface area contributed by atoms with Crippen molar-refractivity contribution < 1.29 is 34.8 Å². The van der Waals surface area contributed by atoms with Crippen molar-refractivity contribution in [1.29, 1.82) is 0 Å². The van der Waals surface area contributed by atoms with Crippen molar-refractivity contribution in [3.8, 4) is 11.5 Å². The van der Waals surface area contributed by atoms with Crippen molar-refractivity contribution in [3.63, 3.8) is 0 Å². The molecule has 0 fully saturated rings. The molecule has 0 bridgehead atoms. The minimum Gasteiger partial charge on any atom is -0.290 e. The van der Waals surface area contributed by atoms with Crippen LogP contribution in [0.2, 0.25) is 0 Å². The normalized spacial score (nSPS) is 13.4. The molecule has 0 aromatic carbocycles. The zero-order chi connectivity index (χ0) is 22.8. The molecule has 7 nitrogen and oxygen atoms in total. The number of sulfone groups is 1. The summed E-state index contributed by atoms with van der Waals surface area (Å²) in [5.41, 5.74) is -2.97. The monoisotopic (exact) mass is 463 g/mol. The second kappa shape index (κ2) is 6.67. The summed E-state index contributed by atoms with van der Waals surface area (Å²) in [5, 5.41) is 3.50. The highest BCUT2D eigenvalue weighted by molar-refractivity contribution is 7.91. The van der Waals surface area contributed by atoms with Gasteiger partial charge in [-0.2, -0.15) is 26.3 Å². The smallest absolute Gasteiger partial charge is 0.290 e. The van der Waals surface area contributed by atoms with Gasteiger partial charge in [0.25, 0.3) is 0 Å². The van der Waals surface area contributed by atoms with Crippen LogP contribution in [-0.4, -0.2) is 38.2 Å². The van der Waals surface area contributed by atoms with E-state index < -0.39 is 44.1 Å². The lowest BCUT2D eigenvalue weighted by Crippen LogP contribution is -2.10. The van der Waals surface area contributed by atoms with Crippen molar-refractivity contribution >= 4 is 21.1 Å². The van der Waals surface area contributed by atoms with Crippen molar-refractivity contribution in [2.75, 3.05) is 5.75 Å². The third-order valence-corrected chi connectivity index (χ3v) is 6.20. The third kappa shape index (κ3) is 3.60. The van der Waals surface area contributed by atoms with E-state index in [0.29, 0.717) is 18.2 Å². The van der Waals surface area contributed by atoms with E-state index in [1.807, 2.05) is 0 Å². The molecule has 4 aromatic heterocycles. The summed E-state index contributed by atoms with van der Waals surface area (Å²) in [4.78, 5) is 7.88. The molecule has 14 heteroatoms. The number of pyridine rings is 2. The van der Waals surface area contributed by atoms with Crippen LogP contribution in [0.3, 0.4) is 0 Å². The zero-order valence-corrected chi connectivity index (χ0v) is 16.2. The molecule has 0 N–H and O–H groups in total. The summed E-state index contributed by atoms with van der Waals surface area (Å²) < 4.78 is 105. The van der Waals surface area contributed by atoms with Gasteiger partial charge >= 0.3 is 12.4 Å². The molecule has 0 unspecified atom stereocenters. The number of fused-ring (bicyclic) bond motifs is 2. The van der Waals surface area contributed by atoms with Gasteiger partial charge in [-0.3, -0.25) is 4.40 Å². The predicted octanol–water partition coefficient (Wildman–Crippen LogP) is 3.88. The molecule has 4 rings (SSSR count). The first-order chi connectivity index (χ1) is 14.3. The molecule has 4 aromatic rings. The van der Waals surface area contributed by atoms with Crippen molar-refractivity contribution in [1.82, 2.24) is 24.0 Å². The summed E-state index contributed by atoms with van der Waals surface area (Å²) in [7, 11) is -4.03. The maximum atomic E-state index is 13.0. The zero-order valence-electron chi connectivity index (χ0n) is 15.4. The minimum absolute atomic E-state index is 0.238. The molecule has 0 aliphatic carbocycles. The molecule has 0 atom stereocenters. The lowest BCUT2D eigenvalue weighted by atomic mass is 10.2. The van der Waals surface area contributed by atoms with Gasteiger partial charge in [-0.25, -0.2) is 22.9 Å². The molecule has 0 aliphatic heterocycles. The topological polar surface area (TPSA) is 81.6 Å². The van der Waals surface area contributed by atoms with E-state index in [1.54, 1.807) is 0 Å².